The SMILES string of the molecule is CC1CC(C)CN(CCNC(=O)c2ccc(S(=O)(=O)C(F)(F)F)cc2)C1. The third-order valence-electron chi connectivity index (χ3n) is 4.39. The summed E-state index contributed by atoms with van der Waals surface area (Å²) in [6, 6.07) is 3.76. The number of nitrogens with zero attached hydrogens (tertiary/aromatic N) is 1. The fourth-order valence-electron chi connectivity index (χ4n) is 3.32. The molecule has 1 aliphatic rings. The molecule has 0 aliphatic carbocycles. The zero-order valence-electron chi connectivity index (χ0n) is 14.7. The monoisotopic (exact) mass is 392 g/mol. The Morgan fingerprint density at radius 1 is 1.15 bits per heavy atom. The average Bonchev–Trinajstić information content (AvgIpc) is 2.53. The van der Waals surface area contributed by atoms with Crippen LogP contribution in [0.15, 0.2) is 29.2 Å². The Morgan fingerprint density at radius 2 is 1.69 bits per heavy atom. The number of piperidine rings is 1. The molecule has 2 atom stereocenters. The number of carbonyl (C=O) groups excluding carboxylic acids is 1. The third kappa shape index (κ3) is 4.97. The van der Waals surface area contributed by atoms with Gasteiger partial charge < -0.3 is 10.2 Å². The first-order valence-corrected chi connectivity index (χ1v) is 9.91. The summed E-state index contributed by atoms with van der Waals surface area (Å²) in [5, 5.41) is 2.71. The van der Waals surface area contributed by atoms with Crippen molar-refractivity contribution in [1.82, 2.24) is 10.2 Å². The Balaban J connectivity index is 1.90. The summed E-state index contributed by atoms with van der Waals surface area (Å²) < 4.78 is 60.1. The molecule has 0 radical (unpaired) electrons. The third-order valence-corrected chi connectivity index (χ3v) is 5.89. The number of likely N-dealkylation sites (tertiary alicyclic amines) is 1. The highest BCUT2D eigenvalue weighted by atomic mass is 32.2. The van der Waals surface area contributed by atoms with E-state index in [1.807, 2.05) is 0 Å². The van der Waals surface area contributed by atoms with E-state index in [1.54, 1.807) is 0 Å². The molecule has 0 aromatic heterocycles. The van der Waals surface area contributed by atoms with Gasteiger partial charge in [-0.25, -0.2) is 8.42 Å². The van der Waals surface area contributed by atoms with Gasteiger partial charge in [0.05, 0.1) is 4.90 Å². The molecule has 0 bridgehead atoms. The van der Waals surface area contributed by atoms with Crippen LogP contribution in [-0.4, -0.2) is 50.9 Å². The normalized spacial score (nSPS) is 22.2. The summed E-state index contributed by atoms with van der Waals surface area (Å²) in [5.41, 5.74) is -5.24. The Hall–Kier alpha value is -1.61. The highest BCUT2D eigenvalue weighted by Gasteiger charge is 2.46. The lowest BCUT2D eigenvalue weighted by atomic mass is 9.92. The molecule has 1 saturated heterocycles. The Kier molecular flexibility index (Phi) is 6.33. The van der Waals surface area contributed by atoms with Gasteiger partial charge in [0.15, 0.2) is 0 Å². The largest absolute Gasteiger partial charge is 0.501 e. The predicted molar refractivity (Wildman–Crippen MR) is 91.4 cm³/mol. The van der Waals surface area contributed by atoms with Crippen molar-refractivity contribution in [2.75, 3.05) is 26.2 Å². The van der Waals surface area contributed by atoms with Crippen molar-refractivity contribution < 1.29 is 26.4 Å². The Labute approximate surface area is 151 Å². The smallest absolute Gasteiger partial charge is 0.351 e. The average molecular weight is 392 g/mol. The summed E-state index contributed by atoms with van der Waals surface area (Å²) in [6.07, 6.45) is 1.19. The maximum absolute atomic E-state index is 12.5. The van der Waals surface area contributed by atoms with Crippen LogP contribution in [-0.2, 0) is 9.84 Å². The van der Waals surface area contributed by atoms with E-state index < -0.39 is 26.1 Å². The Morgan fingerprint density at radius 3 is 2.19 bits per heavy atom. The van der Waals surface area contributed by atoms with Gasteiger partial charge in [0.2, 0.25) is 0 Å². The molecule has 1 N–H and O–H groups in total. The molecule has 2 rings (SSSR count). The molecule has 1 amide bonds. The van der Waals surface area contributed by atoms with E-state index in [0.717, 1.165) is 37.4 Å². The molecule has 1 heterocycles. The first-order valence-electron chi connectivity index (χ1n) is 8.42. The fourth-order valence-corrected chi connectivity index (χ4v) is 4.08. The van der Waals surface area contributed by atoms with Crippen molar-refractivity contribution in [2.45, 2.75) is 30.7 Å². The van der Waals surface area contributed by atoms with Crippen LogP contribution >= 0.6 is 0 Å². The van der Waals surface area contributed by atoms with E-state index in [9.17, 15) is 26.4 Å². The van der Waals surface area contributed by atoms with Crippen molar-refractivity contribution in [3.8, 4) is 0 Å². The second-order valence-electron chi connectivity index (χ2n) is 6.94. The van der Waals surface area contributed by atoms with Crippen LogP contribution in [0.25, 0.3) is 0 Å². The minimum absolute atomic E-state index is 0.117. The van der Waals surface area contributed by atoms with Gasteiger partial charge in [-0.2, -0.15) is 13.2 Å². The number of hydrogen-bond acceptors (Lipinski definition) is 4. The summed E-state index contributed by atoms with van der Waals surface area (Å²) in [4.78, 5) is 13.5. The molecule has 0 spiro atoms. The number of hydrogen-bond donors (Lipinski definition) is 1. The maximum atomic E-state index is 12.5. The number of amides is 1. The topological polar surface area (TPSA) is 66.5 Å². The summed E-state index contributed by atoms with van der Waals surface area (Å²) in [6.45, 7) is 7.45. The summed E-state index contributed by atoms with van der Waals surface area (Å²) in [7, 11) is -5.40. The van der Waals surface area contributed by atoms with E-state index in [2.05, 4.69) is 24.1 Å². The van der Waals surface area contributed by atoms with Gasteiger partial charge in [0.25, 0.3) is 15.7 Å². The van der Waals surface area contributed by atoms with Crippen LogP contribution in [0.5, 0.6) is 0 Å². The zero-order chi connectivity index (χ0) is 19.5. The van der Waals surface area contributed by atoms with Gasteiger partial charge in [-0.1, -0.05) is 13.8 Å². The zero-order valence-corrected chi connectivity index (χ0v) is 15.5. The van der Waals surface area contributed by atoms with Crippen molar-refractivity contribution in [3.63, 3.8) is 0 Å². The fraction of sp³-hybridized carbons (Fsp3) is 0.588. The minimum atomic E-state index is -5.40. The first kappa shape index (κ1) is 20.7. The van der Waals surface area contributed by atoms with Crippen molar-refractivity contribution in [1.29, 1.82) is 0 Å². The lowest BCUT2D eigenvalue weighted by Gasteiger charge is -2.34. The number of rotatable bonds is 5. The number of alkyl halides is 3. The van der Waals surface area contributed by atoms with Crippen LogP contribution in [0.3, 0.4) is 0 Å². The van der Waals surface area contributed by atoms with Crippen LogP contribution < -0.4 is 5.32 Å². The summed E-state index contributed by atoms with van der Waals surface area (Å²) >= 11 is 0. The second kappa shape index (κ2) is 7.96. The number of carbonyl (C=O) groups is 1. The number of sulfone groups is 1. The standard InChI is InChI=1S/C17H23F3N2O3S/c1-12-9-13(2)11-22(10-12)8-7-21-16(23)14-3-5-15(6-4-14)26(24,25)17(18,19)20/h3-6,12-13H,7-11H2,1-2H3,(H,21,23). The summed E-state index contributed by atoms with van der Waals surface area (Å²) in [5.74, 6) is 0.772. The molecule has 5 nitrogen and oxygen atoms in total. The molecule has 1 aromatic carbocycles. The van der Waals surface area contributed by atoms with Crippen LogP contribution in [0.2, 0.25) is 0 Å². The molecule has 1 aliphatic heterocycles. The van der Waals surface area contributed by atoms with Gasteiger partial charge in [-0.05, 0) is 42.5 Å². The van der Waals surface area contributed by atoms with Crippen molar-refractivity contribution in [3.05, 3.63) is 29.8 Å². The quantitative estimate of drug-likeness (QED) is 0.837. The molecular weight excluding hydrogens is 369 g/mol. The van der Waals surface area contributed by atoms with Crippen molar-refractivity contribution in [2.24, 2.45) is 11.8 Å². The van der Waals surface area contributed by atoms with Gasteiger partial charge >= 0.3 is 5.51 Å². The van der Waals surface area contributed by atoms with Crippen molar-refractivity contribution >= 4 is 15.7 Å². The molecule has 1 fully saturated rings. The van der Waals surface area contributed by atoms with E-state index in [1.165, 1.54) is 6.42 Å². The van der Waals surface area contributed by atoms with Crippen LogP contribution in [0.1, 0.15) is 30.6 Å². The highest BCUT2D eigenvalue weighted by molar-refractivity contribution is 7.92. The van der Waals surface area contributed by atoms with Gasteiger partial charge in [-0.15, -0.1) is 0 Å². The molecule has 26 heavy (non-hydrogen) atoms. The minimum Gasteiger partial charge on any atom is -0.351 e. The van der Waals surface area contributed by atoms with E-state index in [4.69, 9.17) is 0 Å². The maximum Gasteiger partial charge on any atom is 0.501 e. The van der Waals surface area contributed by atoms with E-state index in [0.29, 0.717) is 24.9 Å². The van der Waals surface area contributed by atoms with Crippen LogP contribution in [0.4, 0.5) is 13.2 Å². The van der Waals surface area contributed by atoms with E-state index >= 15 is 0 Å². The van der Waals surface area contributed by atoms with Gasteiger partial charge in [0, 0.05) is 31.7 Å². The molecule has 146 valence electrons. The molecule has 2 unspecified atom stereocenters. The molecule has 1 aromatic rings. The number of nitrogens with one attached hydrogen (secondary N) is 1. The van der Waals surface area contributed by atoms with Gasteiger partial charge in [0.1, 0.15) is 0 Å². The molecular formula is C17H23F3N2O3S. The highest BCUT2D eigenvalue weighted by Crippen LogP contribution is 2.30. The predicted octanol–water partition coefficient (Wildman–Crippen LogP) is 2.69. The molecule has 9 heteroatoms. The Bertz CT molecular complexity index is 723. The second-order valence-corrected chi connectivity index (χ2v) is 8.88. The number of halogens is 3. The van der Waals surface area contributed by atoms with Gasteiger partial charge in [-0.3, -0.25) is 4.79 Å². The van der Waals surface area contributed by atoms with E-state index in [-0.39, 0.29) is 5.56 Å². The first-order chi connectivity index (χ1) is 12.0. The lowest BCUT2D eigenvalue weighted by Crippen LogP contribution is -2.42. The lowest BCUT2D eigenvalue weighted by molar-refractivity contribution is -0.0436. The van der Waals surface area contributed by atoms with Crippen LogP contribution in [0, 0.1) is 11.8 Å². The number of benzene rings is 1. The molecule has 0 saturated carbocycles.